The van der Waals surface area contributed by atoms with E-state index >= 15 is 0 Å². The van der Waals surface area contributed by atoms with Crippen LogP contribution in [-0.2, 0) is 11.3 Å². The number of benzene rings is 1. The molecule has 2 rings (SSSR count). The number of amides is 1. The van der Waals surface area contributed by atoms with Crippen molar-refractivity contribution >= 4 is 5.91 Å². The van der Waals surface area contributed by atoms with Crippen molar-refractivity contribution in [2.75, 3.05) is 13.7 Å². The number of rotatable bonds is 3. The van der Waals surface area contributed by atoms with E-state index in [0.29, 0.717) is 13.0 Å². The highest BCUT2D eigenvalue weighted by molar-refractivity contribution is 5.77. The zero-order valence-corrected chi connectivity index (χ0v) is 8.69. The Morgan fingerprint density at radius 3 is 2.93 bits per heavy atom. The van der Waals surface area contributed by atoms with Gasteiger partial charge in [0, 0.05) is 18.5 Å². The normalized spacial score (nSPS) is 15.8. The largest absolute Gasteiger partial charge is 0.496 e. The van der Waals surface area contributed by atoms with Crippen LogP contribution < -0.4 is 10.2 Å². The van der Waals surface area contributed by atoms with E-state index in [4.69, 9.17) is 4.74 Å². The molecule has 4 nitrogen and oxygen atoms in total. The van der Waals surface area contributed by atoms with Crippen LogP contribution in [-0.4, -0.2) is 24.6 Å². The second kappa shape index (κ2) is 4.31. The topological polar surface area (TPSA) is 41.6 Å². The maximum atomic E-state index is 11.4. The average Bonchev–Trinajstić information content (AvgIpc) is 2.65. The van der Waals surface area contributed by atoms with Crippen LogP contribution in [0.2, 0.25) is 0 Å². The van der Waals surface area contributed by atoms with E-state index in [1.54, 1.807) is 12.1 Å². The molecule has 80 valence electrons. The Labute approximate surface area is 88.8 Å². The SMILES string of the molecule is COc1ccccc1CN1NCCC1=O. The molecule has 15 heavy (non-hydrogen) atoms. The number of methoxy groups -OCH3 is 1. The van der Waals surface area contributed by atoms with Gasteiger partial charge < -0.3 is 4.74 Å². The molecule has 0 saturated carbocycles. The van der Waals surface area contributed by atoms with Crippen LogP contribution >= 0.6 is 0 Å². The van der Waals surface area contributed by atoms with E-state index < -0.39 is 0 Å². The van der Waals surface area contributed by atoms with E-state index in [1.807, 2.05) is 24.3 Å². The first-order valence-electron chi connectivity index (χ1n) is 4.97. The van der Waals surface area contributed by atoms with Crippen molar-refractivity contribution in [3.63, 3.8) is 0 Å². The zero-order chi connectivity index (χ0) is 10.7. The summed E-state index contributed by atoms with van der Waals surface area (Å²) in [6, 6.07) is 7.72. The molecule has 1 aliphatic heterocycles. The Hall–Kier alpha value is -1.55. The van der Waals surface area contributed by atoms with E-state index in [9.17, 15) is 4.79 Å². The molecular formula is C11H14N2O2. The lowest BCUT2D eigenvalue weighted by Crippen LogP contribution is -2.33. The molecule has 0 radical (unpaired) electrons. The molecule has 1 N–H and O–H groups in total. The summed E-state index contributed by atoms with van der Waals surface area (Å²) in [6.07, 6.45) is 0.579. The van der Waals surface area contributed by atoms with Crippen LogP contribution in [0.25, 0.3) is 0 Å². The number of hydrogen-bond acceptors (Lipinski definition) is 3. The maximum Gasteiger partial charge on any atom is 0.238 e. The third-order valence-electron chi connectivity index (χ3n) is 2.46. The highest BCUT2D eigenvalue weighted by Gasteiger charge is 2.20. The minimum absolute atomic E-state index is 0.140. The van der Waals surface area contributed by atoms with Crippen LogP contribution in [0.15, 0.2) is 24.3 Å². The molecular weight excluding hydrogens is 192 g/mol. The molecule has 0 spiro atoms. The molecule has 0 unspecified atom stereocenters. The molecule has 0 bridgehead atoms. The van der Waals surface area contributed by atoms with Gasteiger partial charge in [-0.15, -0.1) is 0 Å². The second-order valence-corrected chi connectivity index (χ2v) is 3.45. The Kier molecular flexibility index (Phi) is 2.87. The number of carbonyl (C=O) groups is 1. The van der Waals surface area contributed by atoms with Gasteiger partial charge in [0.25, 0.3) is 0 Å². The minimum Gasteiger partial charge on any atom is -0.496 e. The maximum absolute atomic E-state index is 11.4. The number of para-hydroxylation sites is 1. The Morgan fingerprint density at radius 1 is 1.47 bits per heavy atom. The first-order valence-corrected chi connectivity index (χ1v) is 4.97. The van der Waals surface area contributed by atoms with Crippen molar-refractivity contribution < 1.29 is 9.53 Å². The van der Waals surface area contributed by atoms with E-state index in [1.165, 1.54) is 0 Å². The summed E-state index contributed by atoms with van der Waals surface area (Å²) in [4.78, 5) is 11.4. The summed E-state index contributed by atoms with van der Waals surface area (Å²) in [5.41, 5.74) is 4.05. The summed E-state index contributed by atoms with van der Waals surface area (Å²) in [5, 5.41) is 1.64. The lowest BCUT2D eigenvalue weighted by molar-refractivity contribution is -0.130. The fourth-order valence-electron chi connectivity index (χ4n) is 1.67. The predicted molar refractivity (Wildman–Crippen MR) is 56.2 cm³/mol. The monoisotopic (exact) mass is 206 g/mol. The smallest absolute Gasteiger partial charge is 0.238 e. The van der Waals surface area contributed by atoms with E-state index in [-0.39, 0.29) is 5.91 Å². The third-order valence-corrected chi connectivity index (χ3v) is 2.46. The van der Waals surface area contributed by atoms with Gasteiger partial charge in [0.15, 0.2) is 0 Å². The number of nitrogens with zero attached hydrogens (tertiary/aromatic N) is 1. The average molecular weight is 206 g/mol. The fourth-order valence-corrected chi connectivity index (χ4v) is 1.67. The van der Waals surface area contributed by atoms with Gasteiger partial charge in [-0.1, -0.05) is 18.2 Å². The predicted octanol–water partition coefficient (Wildman–Crippen LogP) is 0.932. The van der Waals surface area contributed by atoms with Gasteiger partial charge in [0.1, 0.15) is 5.75 Å². The molecule has 0 aromatic heterocycles. The molecule has 4 heteroatoms. The van der Waals surface area contributed by atoms with Crippen molar-refractivity contribution in [3.05, 3.63) is 29.8 Å². The molecule has 1 amide bonds. The fraction of sp³-hybridized carbons (Fsp3) is 0.364. The third kappa shape index (κ3) is 2.10. The summed E-state index contributed by atoms with van der Waals surface area (Å²) < 4.78 is 5.23. The van der Waals surface area contributed by atoms with Gasteiger partial charge in [0.05, 0.1) is 13.7 Å². The quantitative estimate of drug-likeness (QED) is 0.800. The van der Waals surface area contributed by atoms with Crippen LogP contribution in [0.4, 0.5) is 0 Å². The van der Waals surface area contributed by atoms with Crippen LogP contribution in [0.3, 0.4) is 0 Å². The highest BCUT2D eigenvalue weighted by Crippen LogP contribution is 2.19. The van der Waals surface area contributed by atoms with Crippen LogP contribution in [0.5, 0.6) is 5.75 Å². The minimum atomic E-state index is 0.140. The lowest BCUT2D eigenvalue weighted by Gasteiger charge is -2.17. The highest BCUT2D eigenvalue weighted by atomic mass is 16.5. The molecule has 1 aliphatic rings. The van der Waals surface area contributed by atoms with Crippen LogP contribution in [0, 0.1) is 0 Å². The molecule has 1 heterocycles. The number of ether oxygens (including phenoxy) is 1. The molecule has 0 atom stereocenters. The van der Waals surface area contributed by atoms with Crippen LogP contribution in [0.1, 0.15) is 12.0 Å². The molecule has 0 aliphatic carbocycles. The molecule has 1 aromatic rings. The van der Waals surface area contributed by atoms with E-state index in [0.717, 1.165) is 17.9 Å². The Balaban J connectivity index is 2.12. The summed E-state index contributed by atoms with van der Waals surface area (Å²) >= 11 is 0. The van der Waals surface area contributed by atoms with Gasteiger partial charge in [-0.25, -0.2) is 5.43 Å². The number of nitrogens with one attached hydrogen (secondary N) is 1. The molecule has 1 aromatic carbocycles. The Morgan fingerprint density at radius 2 is 2.27 bits per heavy atom. The summed E-state index contributed by atoms with van der Waals surface area (Å²) in [7, 11) is 1.64. The Bertz CT molecular complexity index is 365. The van der Waals surface area contributed by atoms with Gasteiger partial charge >= 0.3 is 0 Å². The number of carbonyl (C=O) groups excluding carboxylic acids is 1. The molecule has 1 saturated heterocycles. The standard InChI is InChI=1S/C11H14N2O2/c1-15-10-5-3-2-4-9(10)8-13-11(14)6-7-12-13/h2-5,12H,6-8H2,1H3. The van der Waals surface area contributed by atoms with Crippen molar-refractivity contribution in [1.82, 2.24) is 10.4 Å². The van der Waals surface area contributed by atoms with Gasteiger partial charge in [-0.3, -0.25) is 9.80 Å². The zero-order valence-electron chi connectivity index (χ0n) is 8.69. The van der Waals surface area contributed by atoms with Gasteiger partial charge in [-0.2, -0.15) is 0 Å². The van der Waals surface area contributed by atoms with Crippen molar-refractivity contribution in [2.45, 2.75) is 13.0 Å². The number of hydrazine groups is 1. The summed E-state index contributed by atoms with van der Waals surface area (Å²) in [6.45, 7) is 1.29. The van der Waals surface area contributed by atoms with Gasteiger partial charge in [0.2, 0.25) is 5.91 Å². The first kappa shape index (κ1) is 9.98. The van der Waals surface area contributed by atoms with Crippen molar-refractivity contribution in [3.8, 4) is 5.75 Å². The molecule has 1 fully saturated rings. The lowest BCUT2D eigenvalue weighted by atomic mass is 10.2. The van der Waals surface area contributed by atoms with E-state index in [2.05, 4.69) is 5.43 Å². The van der Waals surface area contributed by atoms with Gasteiger partial charge in [-0.05, 0) is 6.07 Å². The summed E-state index contributed by atoms with van der Waals surface area (Å²) in [5.74, 6) is 0.958. The number of hydrogen-bond donors (Lipinski definition) is 1. The second-order valence-electron chi connectivity index (χ2n) is 3.45. The first-order chi connectivity index (χ1) is 7.31. The van der Waals surface area contributed by atoms with Crippen molar-refractivity contribution in [2.24, 2.45) is 0 Å². The van der Waals surface area contributed by atoms with Crippen molar-refractivity contribution in [1.29, 1.82) is 0 Å².